The van der Waals surface area contributed by atoms with Gasteiger partial charge >= 0.3 is 0 Å². The minimum atomic E-state index is -0.204. The summed E-state index contributed by atoms with van der Waals surface area (Å²) < 4.78 is 0. The lowest BCUT2D eigenvalue weighted by atomic mass is 10.1. The Morgan fingerprint density at radius 3 is 3.00 bits per heavy atom. The normalized spacial score (nSPS) is 17.5. The number of rotatable bonds is 5. The molecule has 2 N–H and O–H groups in total. The lowest BCUT2D eigenvalue weighted by Crippen LogP contribution is -2.37. The molecule has 21 heavy (non-hydrogen) atoms. The molecule has 2 heterocycles. The van der Waals surface area contributed by atoms with Gasteiger partial charge in [0.25, 0.3) is 5.91 Å². The maximum Gasteiger partial charge on any atom is 0.271 e. The SMILES string of the molecule is CNC(=O)c1n[nH]c2c1CN(C(=O)CSCC1CC1)CC2. The summed E-state index contributed by atoms with van der Waals surface area (Å²) in [5, 5.41) is 9.58. The van der Waals surface area contributed by atoms with Crippen LogP contribution in [0.4, 0.5) is 0 Å². The van der Waals surface area contributed by atoms with Crippen LogP contribution in [0, 0.1) is 5.92 Å². The van der Waals surface area contributed by atoms with Gasteiger partial charge in [-0.05, 0) is 24.5 Å². The first-order valence-corrected chi connectivity index (χ1v) is 8.48. The van der Waals surface area contributed by atoms with Crippen LogP contribution >= 0.6 is 11.8 Å². The third-order valence-corrected chi connectivity index (χ3v) is 5.16. The number of carbonyl (C=O) groups is 2. The average Bonchev–Trinajstić information content (AvgIpc) is 3.23. The molecular weight excluding hydrogens is 288 g/mol. The monoisotopic (exact) mass is 308 g/mol. The van der Waals surface area contributed by atoms with Crippen LogP contribution in [0.2, 0.25) is 0 Å². The van der Waals surface area contributed by atoms with Gasteiger partial charge in [-0.25, -0.2) is 0 Å². The zero-order chi connectivity index (χ0) is 14.8. The van der Waals surface area contributed by atoms with Crippen molar-refractivity contribution in [2.75, 3.05) is 25.1 Å². The fourth-order valence-corrected chi connectivity index (χ4v) is 3.64. The molecule has 0 saturated heterocycles. The number of hydrogen-bond donors (Lipinski definition) is 2. The summed E-state index contributed by atoms with van der Waals surface area (Å²) in [4.78, 5) is 25.9. The predicted octanol–water partition coefficient (Wildman–Crippen LogP) is 0.797. The Kier molecular flexibility index (Phi) is 4.19. The van der Waals surface area contributed by atoms with Crippen molar-refractivity contribution in [2.45, 2.75) is 25.8 Å². The van der Waals surface area contributed by atoms with E-state index in [4.69, 9.17) is 0 Å². The molecule has 1 aromatic heterocycles. The van der Waals surface area contributed by atoms with E-state index in [2.05, 4.69) is 15.5 Å². The van der Waals surface area contributed by atoms with Gasteiger partial charge in [0.2, 0.25) is 5.91 Å². The second-order valence-electron chi connectivity index (χ2n) is 5.63. The number of thioether (sulfide) groups is 1. The molecule has 1 aromatic rings. The summed E-state index contributed by atoms with van der Waals surface area (Å²) in [6.07, 6.45) is 3.37. The van der Waals surface area contributed by atoms with E-state index in [-0.39, 0.29) is 11.8 Å². The molecule has 2 aliphatic rings. The van der Waals surface area contributed by atoms with E-state index in [1.54, 1.807) is 18.8 Å². The summed E-state index contributed by atoms with van der Waals surface area (Å²) in [7, 11) is 1.59. The highest BCUT2D eigenvalue weighted by molar-refractivity contribution is 7.99. The number of nitrogens with zero attached hydrogens (tertiary/aromatic N) is 2. The molecule has 0 aromatic carbocycles. The Balaban J connectivity index is 1.61. The van der Waals surface area contributed by atoms with Crippen molar-refractivity contribution in [1.82, 2.24) is 20.4 Å². The number of aromatic amines is 1. The van der Waals surface area contributed by atoms with Gasteiger partial charge in [-0.3, -0.25) is 14.7 Å². The maximum absolute atomic E-state index is 12.3. The molecule has 7 heteroatoms. The molecule has 0 radical (unpaired) electrons. The van der Waals surface area contributed by atoms with Crippen molar-refractivity contribution < 1.29 is 9.59 Å². The van der Waals surface area contributed by atoms with E-state index < -0.39 is 0 Å². The Labute approximate surface area is 128 Å². The summed E-state index contributed by atoms with van der Waals surface area (Å²) in [5.74, 6) is 2.43. The summed E-state index contributed by atoms with van der Waals surface area (Å²) in [6, 6.07) is 0. The molecule has 6 nitrogen and oxygen atoms in total. The van der Waals surface area contributed by atoms with Crippen LogP contribution in [0.5, 0.6) is 0 Å². The van der Waals surface area contributed by atoms with Gasteiger partial charge in [0.15, 0.2) is 5.69 Å². The van der Waals surface area contributed by atoms with Crippen molar-refractivity contribution in [3.8, 4) is 0 Å². The highest BCUT2D eigenvalue weighted by Gasteiger charge is 2.28. The first-order chi connectivity index (χ1) is 10.2. The van der Waals surface area contributed by atoms with E-state index >= 15 is 0 Å². The van der Waals surface area contributed by atoms with Gasteiger partial charge < -0.3 is 10.2 Å². The van der Waals surface area contributed by atoms with E-state index in [1.165, 1.54) is 12.8 Å². The topological polar surface area (TPSA) is 78.1 Å². The highest BCUT2D eigenvalue weighted by atomic mass is 32.2. The Morgan fingerprint density at radius 1 is 1.48 bits per heavy atom. The quantitative estimate of drug-likeness (QED) is 0.843. The van der Waals surface area contributed by atoms with Gasteiger partial charge in [-0.1, -0.05) is 0 Å². The van der Waals surface area contributed by atoms with E-state index in [0.29, 0.717) is 24.5 Å². The minimum Gasteiger partial charge on any atom is -0.354 e. The maximum atomic E-state index is 12.3. The van der Waals surface area contributed by atoms with Crippen LogP contribution in [0.15, 0.2) is 0 Å². The van der Waals surface area contributed by atoms with E-state index in [1.807, 2.05) is 4.90 Å². The Hall–Kier alpha value is -1.50. The van der Waals surface area contributed by atoms with Crippen molar-refractivity contribution in [2.24, 2.45) is 5.92 Å². The van der Waals surface area contributed by atoms with Crippen LogP contribution < -0.4 is 5.32 Å². The third kappa shape index (κ3) is 3.23. The molecule has 0 bridgehead atoms. The highest BCUT2D eigenvalue weighted by Crippen LogP contribution is 2.32. The van der Waals surface area contributed by atoms with E-state index in [9.17, 15) is 9.59 Å². The first-order valence-electron chi connectivity index (χ1n) is 7.32. The number of amides is 2. The summed E-state index contributed by atoms with van der Waals surface area (Å²) in [6.45, 7) is 1.18. The molecule has 0 spiro atoms. The van der Waals surface area contributed by atoms with Gasteiger partial charge in [-0.2, -0.15) is 16.9 Å². The first kappa shape index (κ1) is 14.4. The van der Waals surface area contributed by atoms with Crippen LogP contribution in [0.25, 0.3) is 0 Å². The zero-order valence-electron chi connectivity index (χ0n) is 12.1. The molecule has 1 aliphatic heterocycles. The number of H-pyrrole nitrogens is 1. The van der Waals surface area contributed by atoms with Gasteiger partial charge in [0.05, 0.1) is 5.75 Å². The average molecular weight is 308 g/mol. The molecule has 3 rings (SSSR count). The number of carbonyl (C=O) groups excluding carboxylic acids is 2. The van der Waals surface area contributed by atoms with Crippen molar-refractivity contribution in [3.05, 3.63) is 17.0 Å². The molecule has 114 valence electrons. The zero-order valence-corrected chi connectivity index (χ0v) is 13.0. The van der Waals surface area contributed by atoms with Gasteiger partial charge in [0.1, 0.15) is 0 Å². The Morgan fingerprint density at radius 2 is 2.29 bits per heavy atom. The molecule has 2 amide bonds. The van der Waals surface area contributed by atoms with E-state index in [0.717, 1.165) is 29.3 Å². The van der Waals surface area contributed by atoms with Crippen molar-refractivity contribution in [1.29, 1.82) is 0 Å². The van der Waals surface area contributed by atoms with Crippen LogP contribution in [-0.2, 0) is 17.8 Å². The lowest BCUT2D eigenvalue weighted by Gasteiger charge is -2.27. The van der Waals surface area contributed by atoms with Gasteiger partial charge in [0, 0.05) is 37.8 Å². The Bertz CT molecular complexity index is 553. The number of fused-ring (bicyclic) bond motifs is 1. The molecule has 1 fully saturated rings. The predicted molar refractivity (Wildman–Crippen MR) is 81.1 cm³/mol. The molecular formula is C14H20N4O2S. The smallest absolute Gasteiger partial charge is 0.271 e. The number of aromatic nitrogens is 2. The fourth-order valence-electron chi connectivity index (χ4n) is 2.50. The van der Waals surface area contributed by atoms with Crippen molar-refractivity contribution in [3.63, 3.8) is 0 Å². The second-order valence-corrected chi connectivity index (χ2v) is 6.66. The molecule has 0 unspecified atom stereocenters. The molecule has 1 aliphatic carbocycles. The number of hydrogen-bond acceptors (Lipinski definition) is 4. The summed E-state index contributed by atoms with van der Waals surface area (Å²) >= 11 is 1.73. The number of nitrogens with one attached hydrogen (secondary N) is 2. The largest absolute Gasteiger partial charge is 0.354 e. The second kappa shape index (κ2) is 6.09. The third-order valence-electron chi connectivity index (χ3n) is 4.00. The van der Waals surface area contributed by atoms with Gasteiger partial charge in [-0.15, -0.1) is 0 Å². The molecule has 1 saturated carbocycles. The molecule has 0 atom stereocenters. The lowest BCUT2D eigenvalue weighted by molar-refractivity contribution is -0.129. The van der Waals surface area contributed by atoms with Crippen LogP contribution in [-0.4, -0.2) is 52.0 Å². The minimum absolute atomic E-state index is 0.162. The standard InChI is InChI=1S/C14H20N4O2S/c1-15-14(20)13-10-6-18(5-4-11(10)16-17-13)12(19)8-21-7-9-2-3-9/h9H,2-8H2,1H3,(H,15,20)(H,16,17). The van der Waals surface area contributed by atoms with Crippen molar-refractivity contribution >= 4 is 23.6 Å². The van der Waals surface area contributed by atoms with Crippen LogP contribution in [0.1, 0.15) is 34.6 Å². The summed E-state index contributed by atoms with van der Waals surface area (Å²) in [5.41, 5.74) is 2.25. The fraction of sp³-hybridized carbons (Fsp3) is 0.643. The van der Waals surface area contributed by atoms with Crippen LogP contribution in [0.3, 0.4) is 0 Å².